The van der Waals surface area contributed by atoms with E-state index in [-0.39, 0.29) is 11.4 Å². The Morgan fingerprint density at radius 3 is 2.50 bits per heavy atom. The standard InChI is InChI=1S/C8H14O2/c1-3-10-7(9)8(2)5-4-6-8/h3-6H2,1-2H3. The van der Waals surface area contributed by atoms with Crippen molar-refractivity contribution < 1.29 is 9.53 Å². The van der Waals surface area contributed by atoms with Gasteiger partial charge in [-0.1, -0.05) is 6.42 Å². The molecule has 1 rings (SSSR count). The summed E-state index contributed by atoms with van der Waals surface area (Å²) >= 11 is 0. The van der Waals surface area contributed by atoms with Gasteiger partial charge in [-0.25, -0.2) is 0 Å². The van der Waals surface area contributed by atoms with Crippen molar-refractivity contribution in [2.45, 2.75) is 33.1 Å². The van der Waals surface area contributed by atoms with Crippen LogP contribution in [-0.2, 0) is 9.53 Å². The number of ether oxygens (including phenoxy) is 1. The monoisotopic (exact) mass is 142 g/mol. The molecule has 2 heteroatoms. The van der Waals surface area contributed by atoms with Crippen LogP contribution in [0.1, 0.15) is 33.1 Å². The highest BCUT2D eigenvalue weighted by atomic mass is 16.5. The molecule has 0 aromatic heterocycles. The van der Waals surface area contributed by atoms with Gasteiger partial charge in [-0.2, -0.15) is 0 Å². The van der Waals surface area contributed by atoms with Crippen LogP contribution in [0.2, 0.25) is 0 Å². The van der Waals surface area contributed by atoms with Gasteiger partial charge in [0, 0.05) is 0 Å². The van der Waals surface area contributed by atoms with Crippen LogP contribution in [0, 0.1) is 5.41 Å². The SMILES string of the molecule is CCOC(=O)C1(C)CCC1. The van der Waals surface area contributed by atoms with Crippen molar-refractivity contribution in [3.8, 4) is 0 Å². The Morgan fingerprint density at radius 2 is 2.20 bits per heavy atom. The molecule has 0 aromatic rings. The summed E-state index contributed by atoms with van der Waals surface area (Å²) in [5, 5.41) is 0. The maximum Gasteiger partial charge on any atom is 0.311 e. The van der Waals surface area contributed by atoms with E-state index in [1.54, 1.807) is 0 Å². The number of hydrogen-bond donors (Lipinski definition) is 0. The summed E-state index contributed by atoms with van der Waals surface area (Å²) in [6, 6.07) is 0. The van der Waals surface area contributed by atoms with Gasteiger partial charge in [0.05, 0.1) is 12.0 Å². The molecular formula is C8H14O2. The van der Waals surface area contributed by atoms with Crippen molar-refractivity contribution in [1.82, 2.24) is 0 Å². The maximum absolute atomic E-state index is 11.1. The molecule has 0 saturated heterocycles. The third kappa shape index (κ3) is 1.15. The Morgan fingerprint density at radius 1 is 1.60 bits per heavy atom. The van der Waals surface area contributed by atoms with Crippen LogP contribution in [0.5, 0.6) is 0 Å². The van der Waals surface area contributed by atoms with Gasteiger partial charge in [-0.3, -0.25) is 4.79 Å². The van der Waals surface area contributed by atoms with Gasteiger partial charge in [-0.15, -0.1) is 0 Å². The number of hydrogen-bond acceptors (Lipinski definition) is 2. The van der Waals surface area contributed by atoms with E-state index in [2.05, 4.69) is 0 Å². The Kier molecular flexibility index (Phi) is 1.97. The fourth-order valence-electron chi connectivity index (χ4n) is 1.22. The van der Waals surface area contributed by atoms with Crippen molar-refractivity contribution in [2.75, 3.05) is 6.61 Å². The van der Waals surface area contributed by atoms with E-state index >= 15 is 0 Å². The second-order valence-corrected chi connectivity index (χ2v) is 3.13. The van der Waals surface area contributed by atoms with Crippen molar-refractivity contribution in [3.63, 3.8) is 0 Å². The summed E-state index contributed by atoms with van der Waals surface area (Å²) in [6.45, 7) is 4.34. The Balaban J connectivity index is 2.39. The highest BCUT2D eigenvalue weighted by Gasteiger charge is 2.40. The van der Waals surface area contributed by atoms with Gasteiger partial charge in [0.2, 0.25) is 0 Å². The molecule has 10 heavy (non-hydrogen) atoms. The molecule has 0 bridgehead atoms. The van der Waals surface area contributed by atoms with Gasteiger partial charge >= 0.3 is 5.97 Å². The number of rotatable bonds is 2. The molecule has 1 fully saturated rings. The molecule has 1 saturated carbocycles. The number of esters is 1. The molecule has 2 nitrogen and oxygen atoms in total. The van der Waals surface area contributed by atoms with Crippen LogP contribution < -0.4 is 0 Å². The van der Waals surface area contributed by atoms with E-state index < -0.39 is 0 Å². The molecule has 0 amide bonds. The van der Waals surface area contributed by atoms with Crippen LogP contribution in [0.25, 0.3) is 0 Å². The lowest BCUT2D eigenvalue weighted by atomic mass is 9.70. The number of carbonyl (C=O) groups excluding carboxylic acids is 1. The molecule has 0 aromatic carbocycles. The first-order valence-corrected chi connectivity index (χ1v) is 3.86. The smallest absolute Gasteiger partial charge is 0.311 e. The van der Waals surface area contributed by atoms with Crippen molar-refractivity contribution in [3.05, 3.63) is 0 Å². The molecule has 0 spiro atoms. The maximum atomic E-state index is 11.1. The normalized spacial score (nSPS) is 21.4. The van der Waals surface area contributed by atoms with Gasteiger partial charge in [-0.05, 0) is 26.7 Å². The van der Waals surface area contributed by atoms with Crippen LogP contribution >= 0.6 is 0 Å². The van der Waals surface area contributed by atoms with E-state index in [9.17, 15) is 4.79 Å². The third-order valence-corrected chi connectivity index (χ3v) is 2.23. The minimum atomic E-state index is -0.129. The summed E-state index contributed by atoms with van der Waals surface area (Å²) in [5.74, 6) is -0.0127. The highest BCUT2D eigenvalue weighted by molar-refractivity contribution is 5.77. The third-order valence-electron chi connectivity index (χ3n) is 2.23. The minimum Gasteiger partial charge on any atom is -0.466 e. The lowest BCUT2D eigenvalue weighted by molar-refractivity contribution is -0.159. The molecule has 1 aliphatic carbocycles. The summed E-state index contributed by atoms with van der Waals surface area (Å²) < 4.78 is 4.91. The Labute approximate surface area is 61.6 Å². The zero-order valence-corrected chi connectivity index (χ0v) is 6.64. The van der Waals surface area contributed by atoms with Crippen LogP contribution in [-0.4, -0.2) is 12.6 Å². The van der Waals surface area contributed by atoms with Crippen LogP contribution in [0.4, 0.5) is 0 Å². The molecule has 0 heterocycles. The first kappa shape index (κ1) is 7.58. The lowest BCUT2D eigenvalue weighted by Crippen LogP contribution is -2.36. The highest BCUT2D eigenvalue weighted by Crippen LogP contribution is 2.41. The fraction of sp³-hybridized carbons (Fsp3) is 0.875. The summed E-state index contributed by atoms with van der Waals surface area (Å²) in [4.78, 5) is 11.1. The molecule has 0 unspecified atom stereocenters. The first-order chi connectivity index (χ1) is 4.69. The summed E-state index contributed by atoms with van der Waals surface area (Å²) in [7, 11) is 0. The predicted octanol–water partition coefficient (Wildman–Crippen LogP) is 1.74. The second-order valence-electron chi connectivity index (χ2n) is 3.13. The Bertz CT molecular complexity index is 136. The van der Waals surface area contributed by atoms with Gasteiger partial charge in [0.25, 0.3) is 0 Å². The van der Waals surface area contributed by atoms with E-state index in [4.69, 9.17) is 4.74 Å². The average molecular weight is 142 g/mol. The number of carbonyl (C=O) groups is 1. The second kappa shape index (κ2) is 2.60. The zero-order valence-electron chi connectivity index (χ0n) is 6.64. The van der Waals surface area contributed by atoms with Crippen molar-refractivity contribution in [1.29, 1.82) is 0 Å². The zero-order chi connectivity index (χ0) is 7.61. The minimum absolute atomic E-state index is 0.0127. The molecule has 0 aliphatic heterocycles. The molecule has 58 valence electrons. The largest absolute Gasteiger partial charge is 0.466 e. The molecule has 0 atom stereocenters. The summed E-state index contributed by atoms with van der Waals surface area (Å²) in [6.07, 6.45) is 3.19. The molecule has 0 radical (unpaired) electrons. The van der Waals surface area contributed by atoms with Crippen LogP contribution in [0.3, 0.4) is 0 Å². The fourth-order valence-corrected chi connectivity index (χ4v) is 1.22. The van der Waals surface area contributed by atoms with Crippen LogP contribution in [0.15, 0.2) is 0 Å². The van der Waals surface area contributed by atoms with E-state index in [1.165, 1.54) is 6.42 Å². The van der Waals surface area contributed by atoms with E-state index in [1.807, 2.05) is 13.8 Å². The lowest BCUT2D eigenvalue weighted by Gasteiger charge is -2.35. The average Bonchev–Trinajstić information content (AvgIpc) is 1.83. The summed E-state index contributed by atoms with van der Waals surface area (Å²) in [5.41, 5.74) is -0.129. The van der Waals surface area contributed by atoms with Crippen molar-refractivity contribution in [2.24, 2.45) is 5.41 Å². The van der Waals surface area contributed by atoms with Gasteiger partial charge in [0.1, 0.15) is 0 Å². The topological polar surface area (TPSA) is 26.3 Å². The molecule has 0 N–H and O–H groups in total. The Hall–Kier alpha value is -0.530. The quantitative estimate of drug-likeness (QED) is 0.549. The van der Waals surface area contributed by atoms with E-state index in [0.29, 0.717) is 6.61 Å². The van der Waals surface area contributed by atoms with Gasteiger partial charge < -0.3 is 4.74 Å². The first-order valence-electron chi connectivity index (χ1n) is 3.86. The van der Waals surface area contributed by atoms with Gasteiger partial charge in [0.15, 0.2) is 0 Å². The predicted molar refractivity (Wildman–Crippen MR) is 38.6 cm³/mol. The molecular weight excluding hydrogens is 128 g/mol. The molecule has 1 aliphatic rings. The van der Waals surface area contributed by atoms with Crippen molar-refractivity contribution >= 4 is 5.97 Å². The van der Waals surface area contributed by atoms with E-state index in [0.717, 1.165) is 12.8 Å².